The Morgan fingerprint density at radius 2 is 2.22 bits per heavy atom. The Balaban J connectivity index is 2.90. The molecule has 0 fully saturated rings. The van der Waals surface area contributed by atoms with Gasteiger partial charge in [0, 0.05) is 37.0 Å². The third-order valence-electron chi connectivity index (χ3n) is 2.69. The lowest BCUT2D eigenvalue weighted by molar-refractivity contribution is 0.149. The molecule has 1 aromatic rings. The Hall–Kier alpha value is -0.470. The predicted octanol–water partition coefficient (Wildman–Crippen LogP) is 1.12. The van der Waals surface area contributed by atoms with Crippen molar-refractivity contribution in [2.24, 2.45) is 0 Å². The Morgan fingerprint density at radius 1 is 1.56 bits per heavy atom. The summed E-state index contributed by atoms with van der Waals surface area (Å²) in [7, 11) is 1.55. The summed E-state index contributed by atoms with van der Waals surface area (Å²) in [4.78, 5) is 1.35. The summed E-state index contributed by atoms with van der Waals surface area (Å²) in [6.07, 6.45) is 0. The Labute approximate surface area is 113 Å². The van der Waals surface area contributed by atoms with Gasteiger partial charge in [-0.2, -0.15) is 4.31 Å². The maximum Gasteiger partial charge on any atom is 0.243 e. The number of nitrogens with zero attached hydrogens (tertiary/aromatic N) is 1. The highest BCUT2D eigenvalue weighted by molar-refractivity contribution is 7.89. The maximum atomic E-state index is 12.3. The molecule has 0 amide bonds. The van der Waals surface area contributed by atoms with E-state index in [2.05, 4.69) is 5.32 Å². The minimum atomic E-state index is -3.42. The number of thiophene rings is 1. The van der Waals surface area contributed by atoms with Crippen LogP contribution in [0.1, 0.15) is 11.8 Å². The first-order valence-electron chi connectivity index (χ1n) is 5.62. The van der Waals surface area contributed by atoms with Crippen LogP contribution in [0.25, 0.3) is 0 Å². The smallest absolute Gasteiger partial charge is 0.243 e. The molecule has 1 aromatic heterocycles. The maximum absolute atomic E-state index is 12.3. The zero-order valence-electron chi connectivity index (χ0n) is 11.1. The molecule has 0 saturated heterocycles. The highest BCUT2D eigenvalue weighted by Crippen LogP contribution is 2.23. The largest absolute Gasteiger partial charge is 0.383 e. The molecular formula is C11H20N2O3S2. The first-order valence-corrected chi connectivity index (χ1v) is 7.94. The van der Waals surface area contributed by atoms with Crippen LogP contribution in [0.2, 0.25) is 0 Å². The van der Waals surface area contributed by atoms with Gasteiger partial charge in [0.05, 0.1) is 11.5 Å². The molecule has 5 nitrogen and oxygen atoms in total. The molecule has 0 bridgehead atoms. The van der Waals surface area contributed by atoms with Crippen molar-refractivity contribution in [3.05, 3.63) is 16.3 Å². The van der Waals surface area contributed by atoms with Crippen LogP contribution in [0, 0.1) is 0 Å². The summed E-state index contributed by atoms with van der Waals surface area (Å²) in [6.45, 7) is 2.88. The Kier molecular flexibility index (Phi) is 5.74. The summed E-state index contributed by atoms with van der Waals surface area (Å²) >= 11 is 1.44. The van der Waals surface area contributed by atoms with Crippen molar-refractivity contribution >= 4 is 21.4 Å². The molecule has 1 unspecified atom stereocenters. The number of ether oxygens (including phenoxy) is 1. The number of rotatable bonds is 7. The molecule has 7 heteroatoms. The van der Waals surface area contributed by atoms with Crippen LogP contribution in [0.5, 0.6) is 0 Å². The average molecular weight is 292 g/mol. The van der Waals surface area contributed by atoms with Crippen molar-refractivity contribution in [3.63, 3.8) is 0 Å². The van der Waals surface area contributed by atoms with Crippen molar-refractivity contribution in [1.82, 2.24) is 9.62 Å². The number of hydrogen-bond donors (Lipinski definition) is 1. The van der Waals surface area contributed by atoms with E-state index in [-0.39, 0.29) is 6.04 Å². The molecule has 0 saturated carbocycles. The molecule has 1 heterocycles. The van der Waals surface area contributed by atoms with Gasteiger partial charge in [-0.3, -0.25) is 0 Å². The second-order valence-corrected chi connectivity index (χ2v) is 7.10. The lowest BCUT2D eigenvalue weighted by Gasteiger charge is -2.22. The number of methoxy groups -OCH3 is 1. The van der Waals surface area contributed by atoms with Crippen molar-refractivity contribution < 1.29 is 13.2 Å². The average Bonchev–Trinajstić information content (AvgIpc) is 2.78. The van der Waals surface area contributed by atoms with Gasteiger partial charge >= 0.3 is 0 Å². The fraction of sp³-hybridized carbons (Fsp3) is 0.636. The van der Waals surface area contributed by atoms with Crippen LogP contribution in [-0.2, 0) is 21.3 Å². The van der Waals surface area contributed by atoms with E-state index < -0.39 is 10.0 Å². The van der Waals surface area contributed by atoms with Gasteiger partial charge in [-0.15, -0.1) is 11.3 Å². The molecule has 0 radical (unpaired) electrons. The second-order valence-electron chi connectivity index (χ2n) is 4.10. The molecule has 0 aliphatic carbocycles. The minimum Gasteiger partial charge on any atom is -0.383 e. The Morgan fingerprint density at radius 3 is 2.78 bits per heavy atom. The number of sulfonamides is 1. The molecule has 104 valence electrons. The lowest BCUT2D eigenvalue weighted by Crippen LogP contribution is -2.37. The van der Waals surface area contributed by atoms with E-state index >= 15 is 0 Å². The van der Waals surface area contributed by atoms with Gasteiger partial charge < -0.3 is 10.1 Å². The van der Waals surface area contributed by atoms with Crippen molar-refractivity contribution in [2.75, 3.05) is 27.8 Å². The normalized spacial score (nSPS) is 14.1. The molecule has 0 aliphatic rings. The van der Waals surface area contributed by atoms with E-state index in [0.29, 0.717) is 18.0 Å². The standard InChI is InChI=1S/C11H20N2O3S2/c1-9(7-16-4)13(3)18(14,15)11-5-10(6-12-2)17-8-11/h5,8-9,12H,6-7H2,1-4H3. The number of nitrogens with one attached hydrogen (secondary N) is 1. The SMILES string of the molecule is CNCc1cc(S(=O)(=O)N(C)C(C)COC)cs1. The predicted molar refractivity (Wildman–Crippen MR) is 73.4 cm³/mol. The van der Waals surface area contributed by atoms with E-state index in [1.54, 1.807) is 25.6 Å². The van der Waals surface area contributed by atoms with E-state index in [0.717, 1.165) is 4.88 Å². The fourth-order valence-corrected chi connectivity index (χ4v) is 4.13. The van der Waals surface area contributed by atoms with Gasteiger partial charge in [-0.25, -0.2) is 8.42 Å². The van der Waals surface area contributed by atoms with E-state index in [9.17, 15) is 8.42 Å². The molecule has 0 aromatic carbocycles. The summed E-state index contributed by atoms with van der Waals surface area (Å²) in [5.74, 6) is 0. The third-order valence-corrected chi connectivity index (χ3v) is 5.72. The van der Waals surface area contributed by atoms with Gasteiger partial charge in [-0.05, 0) is 20.0 Å². The van der Waals surface area contributed by atoms with E-state index in [4.69, 9.17) is 4.74 Å². The number of likely N-dealkylation sites (N-methyl/N-ethyl adjacent to an activating group) is 1. The van der Waals surface area contributed by atoms with Crippen LogP contribution in [0.3, 0.4) is 0 Å². The van der Waals surface area contributed by atoms with Crippen LogP contribution >= 0.6 is 11.3 Å². The summed E-state index contributed by atoms with van der Waals surface area (Å²) in [5, 5.41) is 4.68. The molecular weight excluding hydrogens is 272 g/mol. The van der Waals surface area contributed by atoms with Crippen molar-refractivity contribution in [1.29, 1.82) is 0 Å². The van der Waals surface area contributed by atoms with Crippen molar-refractivity contribution in [3.8, 4) is 0 Å². The highest BCUT2D eigenvalue weighted by atomic mass is 32.2. The monoisotopic (exact) mass is 292 g/mol. The molecule has 0 spiro atoms. The topological polar surface area (TPSA) is 58.6 Å². The van der Waals surface area contributed by atoms with Crippen molar-refractivity contribution in [2.45, 2.75) is 24.4 Å². The Bertz CT molecular complexity index is 470. The van der Waals surface area contributed by atoms with Gasteiger partial charge in [-0.1, -0.05) is 0 Å². The minimum absolute atomic E-state index is 0.187. The van der Waals surface area contributed by atoms with E-state index in [1.807, 2.05) is 14.0 Å². The van der Waals surface area contributed by atoms with Crippen LogP contribution in [-0.4, -0.2) is 46.6 Å². The number of hydrogen-bond acceptors (Lipinski definition) is 5. The lowest BCUT2D eigenvalue weighted by atomic mass is 10.4. The van der Waals surface area contributed by atoms with Crippen LogP contribution in [0.15, 0.2) is 16.3 Å². The second kappa shape index (κ2) is 6.63. The first kappa shape index (κ1) is 15.6. The fourth-order valence-electron chi connectivity index (χ4n) is 1.51. The summed E-state index contributed by atoms with van der Waals surface area (Å²) < 4.78 is 31.0. The molecule has 1 N–H and O–H groups in total. The first-order chi connectivity index (χ1) is 8.43. The highest BCUT2D eigenvalue weighted by Gasteiger charge is 2.26. The van der Waals surface area contributed by atoms with E-state index in [1.165, 1.54) is 15.6 Å². The molecule has 1 rings (SSSR count). The van der Waals surface area contributed by atoms with Gasteiger partial charge in [0.2, 0.25) is 10.0 Å². The van der Waals surface area contributed by atoms with Crippen LogP contribution < -0.4 is 5.32 Å². The third kappa shape index (κ3) is 3.52. The zero-order chi connectivity index (χ0) is 13.8. The van der Waals surface area contributed by atoms with Crippen LogP contribution in [0.4, 0.5) is 0 Å². The molecule has 18 heavy (non-hydrogen) atoms. The quantitative estimate of drug-likeness (QED) is 0.818. The molecule has 1 atom stereocenters. The van der Waals surface area contributed by atoms with Gasteiger partial charge in [0.25, 0.3) is 0 Å². The van der Waals surface area contributed by atoms with Gasteiger partial charge in [0.15, 0.2) is 0 Å². The molecule has 0 aliphatic heterocycles. The summed E-state index contributed by atoms with van der Waals surface area (Å²) in [5.41, 5.74) is 0. The zero-order valence-corrected chi connectivity index (χ0v) is 12.8. The van der Waals surface area contributed by atoms with Gasteiger partial charge in [0.1, 0.15) is 0 Å². The summed E-state index contributed by atoms with van der Waals surface area (Å²) in [6, 6.07) is 1.53.